The van der Waals surface area contributed by atoms with E-state index in [9.17, 15) is 14.4 Å². The van der Waals surface area contributed by atoms with Gasteiger partial charge in [0.2, 0.25) is 0 Å². The summed E-state index contributed by atoms with van der Waals surface area (Å²) >= 11 is 0. The zero-order valence-corrected chi connectivity index (χ0v) is 15.1. The van der Waals surface area contributed by atoms with Crippen LogP contribution >= 0.6 is 0 Å². The van der Waals surface area contributed by atoms with Crippen LogP contribution < -0.4 is 10.6 Å². The van der Waals surface area contributed by atoms with E-state index in [2.05, 4.69) is 25.7 Å². The molecule has 0 saturated heterocycles. The number of nitrogens with one attached hydrogen (secondary N) is 2. The van der Waals surface area contributed by atoms with E-state index in [1.165, 1.54) is 4.68 Å². The highest BCUT2D eigenvalue weighted by Crippen LogP contribution is 2.26. The number of aromatic nitrogens is 2. The number of carbonyl (C=O) groups is 3. The lowest BCUT2D eigenvalue weighted by Crippen LogP contribution is -2.40. The molecule has 9 heteroatoms. The molecule has 1 atom stereocenters. The minimum Gasteiger partial charge on any atom is -0.346 e. The van der Waals surface area contributed by atoms with Crippen LogP contribution in [-0.2, 0) is 14.4 Å². The number of nitrogens with zero attached hydrogens (tertiary/aromatic N) is 4. The molecule has 3 rings (SSSR count). The molecule has 2 heterocycles. The third-order valence-electron chi connectivity index (χ3n) is 4.22. The average Bonchev–Trinajstić information content (AvgIpc) is 2.94. The highest BCUT2D eigenvalue weighted by atomic mass is 16.2. The van der Waals surface area contributed by atoms with Crippen LogP contribution in [0.1, 0.15) is 45.2 Å². The van der Waals surface area contributed by atoms with Crippen molar-refractivity contribution in [1.82, 2.24) is 15.1 Å². The molecule has 0 radical (unpaired) electrons. The maximum atomic E-state index is 12.3. The van der Waals surface area contributed by atoms with Crippen LogP contribution in [-0.4, -0.2) is 45.2 Å². The molecule has 138 valence electrons. The Kier molecular flexibility index (Phi) is 4.97. The Morgan fingerprint density at radius 2 is 2.00 bits per heavy atom. The van der Waals surface area contributed by atoms with Gasteiger partial charge in [-0.15, -0.1) is 0 Å². The van der Waals surface area contributed by atoms with Gasteiger partial charge in [0.15, 0.2) is 0 Å². The lowest BCUT2D eigenvalue weighted by molar-refractivity contribution is -0.136. The fraction of sp³-hybridized carbons (Fsp3) is 0.529. The molecule has 1 saturated carbocycles. The van der Waals surface area contributed by atoms with E-state index in [0.29, 0.717) is 5.69 Å². The Labute approximate surface area is 151 Å². The Bertz CT molecular complexity index is 820. The normalized spacial score (nSPS) is 19.5. The molecule has 1 unspecified atom stereocenters. The summed E-state index contributed by atoms with van der Waals surface area (Å²) in [6, 6.07) is 1.44. The molecular formula is C17H22N6O3. The molecule has 1 aliphatic heterocycles. The van der Waals surface area contributed by atoms with Crippen molar-refractivity contribution >= 4 is 35.2 Å². The topological polar surface area (TPSA) is 118 Å². The average molecular weight is 358 g/mol. The summed E-state index contributed by atoms with van der Waals surface area (Å²) in [4.78, 5) is 44.8. The van der Waals surface area contributed by atoms with Crippen molar-refractivity contribution in [2.75, 3.05) is 5.32 Å². The number of fused-ring (bicyclic) bond motifs is 1. The first kappa shape index (κ1) is 18.0. The zero-order chi connectivity index (χ0) is 18.8. The number of hydrogen-bond acceptors (Lipinski definition) is 5. The van der Waals surface area contributed by atoms with E-state index in [1.807, 2.05) is 0 Å². The standard InChI is InChI=1S/C17H22N6O3/c1-9(2)18-15(25)16(26)20-13-8-10(3)22-23(13)17-19-12-7-5-4-6-11(12)14(24)21-17/h8-9,11H,4-7H2,1-3H3,(H,18,25)(H,20,26). The second kappa shape index (κ2) is 7.19. The van der Waals surface area contributed by atoms with Crippen LogP contribution in [0.25, 0.3) is 0 Å². The molecule has 1 aromatic rings. The van der Waals surface area contributed by atoms with Crippen LogP contribution in [0, 0.1) is 12.8 Å². The Morgan fingerprint density at radius 3 is 2.73 bits per heavy atom. The molecule has 2 N–H and O–H groups in total. The highest BCUT2D eigenvalue weighted by Gasteiger charge is 2.32. The van der Waals surface area contributed by atoms with Crippen molar-refractivity contribution in [3.63, 3.8) is 0 Å². The van der Waals surface area contributed by atoms with Gasteiger partial charge < -0.3 is 10.6 Å². The Hall–Kier alpha value is -2.84. The highest BCUT2D eigenvalue weighted by molar-refractivity contribution is 6.39. The van der Waals surface area contributed by atoms with Gasteiger partial charge in [-0.05, 0) is 40.0 Å². The quantitative estimate of drug-likeness (QED) is 0.768. The van der Waals surface area contributed by atoms with Gasteiger partial charge in [0.25, 0.3) is 11.9 Å². The monoisotopic (exact) mass is 358 g/mol. The van der Waals surface area contributed by atoms with Gasteiger partial charge in [-0.3, -0.25) is 14.4 Å². The van der Waals surface area contributed by atoms with Crippen molar-refractivity contribution in [3.8, 4) is 0 Å². The second-order valence-electron chi connectivity index (χ2n) is 6.82. The largest absolute Gasteiger partial charge is 0.346 e. The minimum absolute atomic E-state index is 0.121. The maximum Gasteiger partial charge on any atom is 0.314 e. The molecule has 1 aromatic heterocycles. The van der Waals surface area contributed by atoms with Crippen molar-refractivity contribution in [2.24, 2.45) is 15.9 Å². The van der Waals surface area contributed by atoms with Gasteiger partial charge in [0.1, 0.15) is 5.82 Å². The molecule has 3 amide bonds. The number of amides is 3. The smallest absolute Gasteiger partial charge is 0.314 e. The summed E-state index contributed by atoms with van der Waals surface area (Å²) in [5.74, 6) is -1.66. The molecule has 0 spiro atoms. The molecule has 1 fully saturated rings. The summed E-state index contributed by atoms with van der Waals surface area (Å²) in [5, 5.41) is 9.29. The second-order valence-corrected chi connectivity index (χ2v) is 6.82. The predicted octanol–water partition coefficient (Wildman–Crippen LogP) is 1.03. The molecule has 0 aromatic carbocycles. The lowest BCUT2D eigenvalue weighted by Gasteiger charge is -2.24. The van der Waals surface area contributed by atoms with Gasteiger partial charge in [0.05, 0.1) is 11.6 Å². The van der Waals surface area contributed by atoms with Crippen molar-refractivity contribution in [3.05, 3.63) is 11.8 Å². The fourth-order valence-corrected chi connectivity index (χ4v) is 3.06. The van der Waals surface area contributed by atoms with Crippen LogP contribution in [0.4, 0.5) is 5.82 Å². The molecule has 26 heavy (non-hydrogen) atoms. The van der Waals surface area contributed by atoms with Crippen LogP contribution in [0.5, 0.6) is 0 Å². The third-order valence-corrected chi connectivity index (χ3v) is 4.22. The number of anilines is 1. The predicted molar refractivity (Wildman–Crippen MR) is 96.1 cm³/mol. The van der Waals surface area contributed by atoms with E-state index >= 15 is 0 Å². The molecule has 9 nitrogen and oxygen atoms in total. The Balaban J connectivity index is 1.86. The van der Waals surface area contributed by atoms with E-state index in [1.54, 1.807) is 26.8 Å². The van der Waals surface area contributed by atoms with Crippen LogP contribution in [0.3, 0.4) is 0 Å². The van der Waals surface area contributed by atoms with E-state index < -0.39 is 11.8 Å². The minimum atomic E-state index is -0.814. The van der Waals surface area contributed by atoms with E-state index in [4.69, 9.17) is 0 Å². The number of aliphatic imine (C=N–C) groups is 2. The van der Waals surface area contributed by atoms with E-state index in [0.717, 1.165) is 31.4 Å². The summed E-state index contributed by atoms with van der Waals surface area (Å²) in [7, 11) is 0. The number of carbonyl (C=O) groups excluding carboxylic acids is 3. The molecule has 0 bridgehead atoms. The molecule has 2 aliphatic rings. The summed E-state index contributed by atoms with van der Waals surface area (Å²) in [5.41, 5.74) is 1.42. The number of hydrogen-bond donors (Lipinski definition) is 2. The zero-order valence-electron chi connectivity index (χ0n) is 15.1. The van der Waals surface area contributed by atoms with Gasteiger partial charge in [-0.2, -0.15) is 14.8 Å². The van der Waals surface area contributed by atoms with Gasteiger partial charge in [-0.25, -0.2) is 4.99 Å². The van der Waals surface area contributed by atoms with Gasteiger partial charge in [-0.1, -0.05) is 6.42 Å². The molecular weight excluding hydrogens is 336 g/mol. The molecule has 1 aliphatic carbocycles. The van der Waals surface area contributed by atoms with Crippen molar-refractivity contribution in [1.29, 1.82) is 0 Å². The SMILES string of the molecule is Cc1cc(NC(=O)C(=O)NC(C)C)n(C2=NC(=O)C3CCCCC3=N2)n1. The lowest BCUT2D eigenvalue weighted by atomic mass is 9.86. The fourth-order valence-electron chi connectivity index (χ4n) is 3.06. The summed E-state index contributed by atoms with van der Waals surface area (Å²) in [6.07, 6.45) is 3.51. The first-order valence-electron chi connectivity index (χ1n) is 8.74. The first-order valence-corrected chi connectivity index (χ1v) is 8.74. The number of rotatable bonds is 2. The maximum absolute atomic E-state index is 12.3. The van der Waals surface area contributed by atoms with Crippen molar-refractivity contribution in [2.45, 2.75) is 52.5 Å². The van der Waals surface area contributed by atoms with Crippen molar-refractivity contribution < 1.29 is 14.4 Å². The Morgan fingerprint density at radius 1 is 1.23 bits per heavy atom. The third kappa shape index (κ3) is 3.71. The van der Waals surface area contributed by atoms with E-state index in [-0.39, 0.29) is 29.6 Å². The summed E-state index contributed by atoms with van der Waals surface area (Å²) < 4.78 is 1.30. The van der Waals surface area contributed by atoms with Crippen LogP contribution in [0.2, 0.25) is 0 Å². The number of aryl methyl sites for hydroxylation is 1. The first-order chi connectivity index (χ1) is 12.3. The summed E-state index contributed by atoms with van der Waals surface area (Å²) in [6.45, 7) is 5.26. The van der Waals surface area contributed by atoms with Gasteiger partial charge in [0, 0.05) is 17.8 Å². The van der Waals surface area contributed by atoms with Crippen LogP contribution in [0.15, 0.2) is 16.1 Å². The van der Waals surface area contributed by atoms with Gasteiger partial charge >= 0.3 is 11.8 Å².